The molecule has 1 fully saturated rings. The molecule has 140 valence electrons. The maximum atomic E-state index is 5.31. The number of aromatic nitrogens is 2. The van der Waals surface area contributed by atoms with Crippen molar-refractivity contribution in [2.24, 2.45) is 0 Å². The van der Waals surface area contributed by atoms with Gasteiger partial charge in [-0.1, -0.05) is 19.1 Å². The molecule has 0 amide bonds. The van der Waals surface area contributed by atoms with Crippen LogP contribution in [0.3, 0.4) is 0 Å². The molecular weight excluding hydrogens is 324 g/mol. The molecular formula is C21H30N4O. The summed E-state index contributed by atoms with van der Waals surface area (Å²) < 4.78 is 5.31. The van der Waals surface area contributed by atoms with Gasteiger partial charge in [0.1, 0.15) is 17.4 Å². The van der Waals surface area contributed by atoms with Crippen molar-refractivity contribution in [3.05, 3.63) is 47.4 Å². The van der Waals surface area contributed by atoms with Gasteiger partial charge in [0.15, 0.2) is 0 Å². The minimum absolute atomic E-state index is 0.445. The predicted molar refractivity (Wildman–Crippen MR) is 106 cm³/mol. The molecule has 26 heavy (non-hydrogen) atoms. The van der Waals surface area contributed by atoms with Crippen molar-refractivity contribution in [2.75, 3.05) is 39.2 Å². The van der Waals surface area contributed by atoms with Crippen molar-refractivity contribution in [1.29, 1.82) is 0 Å². The monoisotopic (exact) mass is 354 g/mol. The van der Waals surface area contributed by atoms with E-state index in [2.05, 4.69) is 73.1 Å². The molecule has 1 saturated heterocycles. The summed E-state index contributed by atoms with van der Waals surface area (Å²) in [4.78, 5) is 14.2. The smallest absolute Gasteiger partial charge is 0.132 e. The van der Waals surface area contributed by atoms with Gasteiger partial charge in [-0.05, 0) is 45.1 Å². The number of nitrogens with zero attached hydrogens (tertiary/aromatic N) is 4. The Kier molecular flexibility index (Phi) is 5.77. The highest BCUT2D eigenvalue weighted by molar-refractivity contribution is 5.45. The fourth-order valence-corrected chi connectivity index (χ4v) is 3.79. The number of rotatable bonds is 6. The van der Waals surface area contributed by atoms with Gasteiger partial charge >= 0.3 is 0 Å². The lowest BCUT2D eigenvalue weighted by molar-refractivity contribution is 0.292. The standard InChI is InChI=1S/C21H30N4O/c1-6-7-20-22-15(2)12-21(23-20)25-13-18(19(14-25)24(3)4)16-8-10-17(26-5)11-9-16/h8-12,18-19H,6-7,13-14H2,1-5H3. The lowest BCUT2D eigenvalue weighted by atomic mass is 9.93. The van der Waals surface area contributed by atoms with Crippen LogP contribution in [0.25, 0.3) is 0 Å². The Morgan fingerprint density at radius 1 is 1.15 bits per heavy atom. The topological polar surface area (TPSA) is 41.5 Å². The maximum Gasteiger partial charge on any atom is 0.132 e. The van der Waals surface area contributed by atoms with E-state index >= 15 is 0 Å². The van der Waals surface area contributed by atoms with Crippen molar-refractivity contribution in [1.82, 2.24) is 14.9 Å². The summed E-state index contributed by atoms with van der Waals surface area (Å²) in [7, 11) is 6.04. The fourth-order valence-electron chi connectivity index (χ4n) is 3.79. The van der Waals surface area contributed by atoms with Crippen LogP contribution in [-0.2, 0) is 6.42 Å². The van der Waals surface area contributed by atoms with Crippen LogP contribution >= 0.6 is 0 Å². The third-order valence-electron chi connectivity index (χ3n) is 5.18. The number of aryl methyl sites for hydroxylation is 2. The van der Waals surface area contributed by atoms with Gasteiger partial charge in [0.25, 0.3) is 0 Å². The zero-order chi connectivity index (χ0) is 18.7. The van der Waals surface area contributed by atoms with Gasteiger partial charge in [-0.3, -0.25) is 0 Å². The zero-order valence-corrected chi connectivity index (χ0v) is 16.6. The van der Waals surface area contributed by atoms with Crippen LogP contribution in [0.5, 0.6) is 5.75 Å². The van der Waals surface area contributed by atoms with Crippen LogP contribution in [0.1, 0.15) is 36.3 Å². The number of hydrogen-bond donors (Lipinski definition) is 0. The first kappa shape index (κ1) is 18.6. The van der Waals surface area contributed by atoms with E-state index in [0.29, 0.717) is 12.0 Å². The minimum Gasteiger partial charge on any atom is -0.497 e. The molecule has 0 spiro atoms. The highest BCUT2D eigenvalue weighted by Gasteiger charge is 2.36. The Labute approximate surface area is 157 Å². The third kappa shape index (κ3) is 3.98. The van der Waals surface area contributed by atoms with Crippen molar-refractivity contribution < 1.29 is 4.74 Å². The predicted octanol–water partition coefficient (Wildman–Crippen LogP) is 3.28. The van der Waals surface area contributed by atoms with Crippen LogP contribution in [0.2, 0.25) is 0 Å². The van der Waals surface area contributed by atoms with Gasteiger partial charge in [-0.15, -0.1) is 0 Å². The van der Waals surface area contributed by atoms with E-state index < -0.39 is 0 Å². The highest BCUT2D eigenvalue weighted by Crippen LogP contribution is 2.33. The van der Waals surface area contributed by atoms with Crippen LogP contribution in [-0.4, -0.2) is 55.2 Å². The average molecular weight is 354 g/mol. The van der Waals surface area contributed by atoms with Crippen LogP contribution < -0.4 is 9.64 Å². The molecule has 1 aromatic carbocycles. The molecule has 3 rings (SSSR count). The molecule has 0 bridgehead atoms. The van der Waals surface area contributed by atoms with E-state index in [1.807, 2.05) is 0 Å². The Balaban J connectivity index is 1.87. The fraction of sp³-hybridized carbons (Fsp3) is 0.524. The first-order chi connectivity index (χ1) is 12.5. The van der Waals surface area contributed by atoms with Gasteiger partial charge in [0.05, 0.1) is 7.11 Å². The minimum atomic E-state index is 0.445. The highest BCUT2D eigenvalue weighted by atomic mass is 16.5. The number of methoxy groups -OCH3 is 1. The molecule has 2 atom stereocenters. The maximum absolute atomic E-state index is 5.31. The van der Waals surface area contributed by atoms with Gasteiger partial charge in [0, 0.05) is 43.2 Å². The summed E-state index contributed by atoms with van der Waals surface area (Å²) >= 11 is 0. The van der Waals surface area contributed by atoms with Crippen molar-refractivity contribution >= 4 is 5.82 Å². The number of benzene rings is 1. The number of likely N-dealkylation sites (N-methyl/N-ethyl adjacent to an activating group) is 1. The molecule has 1 aromatic heterocycles. The molecule has 0 radical (unpaired) electrons. The summed E-state index contributed by atoms with van der Waals surface area (Å²) in [5, 5.41) is 0. The van der Waals surface area contributed by atoms with Gasteiger partial charge in [0.2, 0.25) is 0 Å². The molecule has 2 aromatic rings. The number of ether oxygens (including phenoxy) is 1. The Bertz CT molecular complexity index is 729. The SMILES string of the molecule is CCCc1nc(C)cc(N2CC(c3ccc(OC)cc3)C(N(C)C)C2)n1. The largest absolute Gasteiger partial charge is 0.497 e. The van der Waals surface area contributed by atoms with Crippen molar-refractivity contribution in [3.63, 3.8) is 0 Å². The summed E-state index contributed by atoms with van der Waals surface area (Å²) in [5.74, 6) is 3.36. The molecule has 1 aliphatic heterocycles. The lowest BCUT2D eigenvalue weighted by Gasteiger charge is -2.25. The number of hydrogen-bond acceptors (Lipinski definition) is 5. The van der Waals surface area contributed by atoms with Crippen LogP contribution in [0.15, 0.2) is 30.3 Å². The Morgan fingerprint density at radius 2 is 1.88 bits per heavy atom. The average Bonchev–Trinajstić information content (AvgIpc) is 3.07. The van der Waals surface area contributed by atoms with Gasteiger partial charge < -0.3 is 14.5 Å². The third-order valence-corrected chi connectivity index (χ3v) is 5.18. The van der Waals surface area contributed by atoms with Crippen molar-refractivity contribution in [3.8, 4) is 5.75 Å². The Hall–Kier alpha value is -2.14. The van der Waals surface area contributed by atoms with Crippen LogP contribution in [0, 0.1) is 6.92 Å². The number of anilines is 1. The van der Waals surface area contributed by atoms with Gasteiger partial charge in [-0.25, -0.2) is 9.97 Å². The summed E-state index contributed by atoms with van der Waals surface area (Å²) in [6.07, 6.45) is 2.00. The van der Waals surface area contributed by atoms with E-state index in [1.165, 1.54) is 5.56 Å². The summed E-state index contributed by atoms with van der Waals surface area (Å²) in [6, 6.07) is 11.1. The first-order valence-corrected chi connectivity index (χ1v) is 9.41. The van der Waals surface area contributed by atoms with E-state index in [4.69, 9.17) is 9.72 Å². The van der Waals surface area contributed by atoms with E-state index in [9.17, 15) is 0 Å². The molecule has 1 aliphatic rings. The van der Waals surface area contributed by atoms with Gasteiger partial charge in [-0.2, -0.15) is 0 Å². The normalized spacial score (nSPS) is 20.0. The van der Waals surface area contributed by atoms with E-state index in [1.54, 1.807) is 7.11 Å². The molecule has 5 nitrogen and oxygen atoms in total. The molecule has 2 unspecified atom stereocenters. The summed E-state index contributed by atoms with van der Waals surface area (Å²) in [6.45, 7) is 6.18. The second kappa shape index (κ2) is 8.04. The zero-order valence-electron chi connectivity index (χ0n) is 16.6. The van der Waals surface area contributed by atoms with Crippen molar-refractivity contribution in [2.45, 2.75) is 38.6 Å². The molecule has 2 heterocycles. The molecule has 0 N–H and O–H groups in total. The van der Waals surface area contributed by atoms with Crippen LogP contribution in [0.4, 0.5) is 5.82 Å². The second-order valence-corrected chi connectivity index (χ2v) is 7.35. The molecule has 0 aliphatic carbocycles. The van der Waals surface area contributed by atoms with E-state index in [-0.39, 0.29) is 0 Å². The quantitative estimate of drug-likeness (QED) is 0.796. The Morgan fingerprint density at radius 3 is 2.50 bits per heavy atom. The molecule has 0 saturated carbocycles. The first-order valence-electron chi connectivity index (χ1n) is 9.41. The lowest BCUT2D eigenvalue weighted by Crippen LogP contribution is -2.34. The second-order valence-electron chi connectivity index (χ2n) is 7.35. The molecule has 5 heteroatoms. The summed E-state index contributed by atoms with van der Waals surface area (Å²) in [5.41, 5.74) is 2.40. The van der Waals surface area contributed by atoms with E-state index in [0.717, 1.165) is 49.0 Å².